The van der Waals surface area contributed by atoms with Gasteiger partial charge in [-0.25, -0.2) is 18.1 Å². The van der Waals surface area contributed by atoms with E-state index in [4.69, 9.17) is 23.2 Å². The zero-order chi connectivity index (χ0) is 19.7. The molecule has 0 radical (unpaired) electrons. The molecule has 8 heteroatoms. The van der Waals surface area contributed by atoms with Gasteiger partial charge in [-0.2, -0.15) is 0 Å². The van der Waals surface area contributed by atoms with E-state index in [0.717, 1.165) is 11.1 Å². The smallest absolute Gasteiger partial charge is 0.265 e. The Kier molecular flexibility index (Phi) is 5.02. The number of anilines is 1. The van der Waals surface area contributed by atoms with Crippen LogP contribution in [0.4, 0.5) is 5.95 Å². The van der Waals surface area contributed by atoms with Gasteiger partial charge >= 0.3 is 0 Å². The van der Waals surface area contributed by atoms with Crippen LogP contribution in [0.15, 0.2) is 77.7 Å². The molecule has 142 valence electrons. The van der Waals surface area contributed by atoms with Gasteiger partial charge in [0, 0.05) is 0 Å². The van der Waals surface area contributed by atoms with Gasteiger partial charge in [0.2, 0.25) is 5.95 Å². The minimum Gasteiger partial charge on any atom is -0.305 e. The molecule has 0 atom stereocenters. The molecule has 4 rings (SSSR count). The largest absolute Gasteiger partial charge is 0.305 e. The minimum atomic E-state index is -3.98. The first-order chi connectivity index (χ1) is 13.5. The Balaban J connectivity index is 1.80. The summed E-state index contributed by atoms with van der Waals surface area (Å²) in [4.78, 5) is 4.37. The lowest BCUT2D eigenvalue weighted by atomic mass is 10.2. The van der Waals surface area contributed by atoms with Crippen molar-refractivity contribution < 1.29 is 8.42 Å². The SMILES string of the molecule is O=S(=O)(Nc1nc2ccccc2n1Cc1ccccc1)c1cccc(Cl)c1Cl. The molecule has 0 unspecified atom stereocenters. The van der Waals surface area contributed by atoms with E-state index < -0.39 is 10.0 Å². The van der Waals surface area contributed by atoms with Gasteiger partial charge in [0.25, 0.3) is 10.0 Å². The van der Waals surface area contributed by atoms with E-state index >= 15 is 0 Å². The van der Waals surface area contributed by atoms with Crippen molar-refractivity contribution in [3.8, 4) is 0 Å². The van der Waals surface area contributed by atoms with Crippen LogP contribution in [0.3, 0.4) is 0 Å². The van der Waals surface area contributed by atoms with Crippen LogP contribution in [0, 0.1) is 0 Å². The summed E-state index contributed by atoms with van der Waals surface area (Å²) in [6.07, 6.45) is 0. The summed E-state index contributed by atoms with van der Waals surface area (Å²) in [5.74, 6) is 0.209. The topological polar surface area (TPSA) is 64.0 Å². The van der Waals surface area contributed by atoms with Gasteiger partial charge in [-0.15, -0.1) is 0 Å². The predicted octanol–water partition coefficient (Wildman–Crippen LogP) is 5.19. The molecule has 0 amide bonds. The summed E-state index contributed by atoms with van der Waals surface area (Å²) in [7, 11) is -3.98. The maximum Gasteiger partial charge on any atom is 0.265 e. The van der Waals surface area contributed by atoms with E-state index in [-0.39, 0.29) is 20.9 Å². The summed E-state index contributed by atoms with van der Waals surface area (Å²) in [6.45, 7) is 0.461. The maximum atomic E-state index is 12.9. The predicted molar refractivity (Wildman–Crippen MR) is 113 cm³/mol. The third kappa shape index (κ3) is 3.58. The highest BCUT2D eigenvalue weighted by molar-refractivity contribution is 7.92. The molecule has 0 bridgehead atoms. The van der Waals surface area contributed by atoms with Crippen molar-refractivity contribution >= 4 is 50.2 Å². The monoisotopic (exact) mass is 431 g/mol. The zero-order valence-electron chi connectivity index (χ0n) is 14.5. The molecule has 1 aromatic heterocycles. The number of aromatic nitrogens is 2. The minimum absolute atomic E-state index is 0.0256. The van der Waals surface area contributed by atoms with Crippen molar-refractivity contribution in [3.05, 3.63) is 88.4 Å². The number of imidazole rings is 1. The number of nitrogens with one attached hydrogen (secondary N) is 1. The highest BCUT2D eigenvalue weighted by Crippen LogP contribution is 2.31. The first-order valence-electron chi connectivity index (χ1n) is 8.42. The number of para-hydroxylation sites is 2. The summed E-state index contributed by atoms with van der Waals surface area (Å²) in [5.41, 5.74) is 2.53. The number of rotatable bonds is 5. The molecule has 3 aromatic carbocycles. The molecule has 4 aromatic rings. The first kappa shape index (κ1) is 18.8. The van der Waals surface area contributed by atoms with Crippen LogP contribution in [0.1, 0.15) is 5.56 Å². The van der Waals surface area contributed by atoms with Crippen LogP contribution < -0.4 is 4.72 Å². The number of sulfonamides is 1. The van der Waals surface area contributed by atoms with Gasteiger partial charge in [-0.1, -0.05) is 71.7 Å². The second kappa shape index (κ2) is 7.47. The summed E-state index contributed by atoms with van der Waals surface area (Å²) in [6, 6.07) is 21.7. The average Bonchev–Trinajstić information content (AvgIpc) is 3.01. The molecule has 5 nitrogen and oxygen atoms in total. The van der Waals surface area contributed by atoms with E-state index in [1.165, 1.54) is 18.2 Å². The van der Waals surface area contributed by atoms with Gasteiger partial charge in [0.15, 0.2) is 0 Å². The van der Waals surface area contributed by atoms with Gasteiger partial charge < -0.3 is 4.57 Å². The van der Waals surface area contributed by atoms with Crippen LogP contribution in [0.5, 0.6) is 0 Å². The Bertz CT molecular complexity index is 1260. The van der Waals surface area contributed by atoms with E-state index in [9.17, 15) is 8.42 Å². The molecule has 0 aliphatic carbocycles. The lowest BCUT2D eigenvalue weighted by molar-refractivity contribution is 0.600. The standard InChI is InChI=1S/C20H15Cl2N3O2S/c21-15-9-6-12-18(19(15)22)28(26,27)24-20-23-16-10-4-5-11-17(16)25(20)13-14-7-2-1-3-8-14/h1-12H,13H2,(H,23,24). The van der Waals surface area contributed by atoms with Crippen LogP contribution in [-0.2, 0) is 16.6 Å². The normalized spacial score (nSPS) is 11.6. The highest BCUT2D eigenvalue weighted by Gasteiger charge is 2.23. The highest BCUT2D eigenvalue weighted by atomic mass is 35.5. The molecule has 28 heavy (non-hydrogen) atoms. The molecule has 0 saturated heterocycles. The second-order valence-corrected chi connectivity index (χ2v) is 8.59. The molecular formula is C20H15Cl2N3O2S. The Morgan fingerprint density at radius 2 is 1.61 bits per heavy atom. The number of hydrogen-bond acceptors (Lipinski definition) is 3. The Morgan fingerprint density at radius 3 is 2.39 bits per heavy atom. The maximum absolute atomic E-state index is 12.9. The quantitative estimate of drug-likeness (QED) is 0.472. The molecular weight excluding hydrogens is 417 g/mol. The van der Waals surface area contributed by atoms with Gasteiger partial charge in [0.05, 0.1) is 27.6 Å². The van der Waals surface area contributed by atoms with Crippen molar-refractivity contribution in [1.82, 2.24) is 9.55 Å². The van der Waals surface area contributed by atoms with E-state index in [0.29, 0.717) is 12.1 Å². The van der Waals surface area contributed by atoms with E-state index in [1.54, 1.807) is 0 Å². The van der Waals surface area contributed by atoms with Crippen LogP contribution in [0.25, 0.3) is 11.0 Å². The van der Waals surface area contributed by atoms with E-state index in [2.05, 4.69) is 9.71 Å². The Hall–Kier alpha value is -2.54. The Morgan fingerprint density at radius 1 is 0.893 bits per heavy atom. The number of benzene rings is 3. The van der Waals surface area contributed by atoms with Crippen molar-refractivity contribution in [1.29, 1.82) is 0 Å². The van der Waals surface area contributed by atoms with Crippen LogP contribution in [-0.4, -0.2) is 18.0 Å². The summed E-state index contributed by atoms with van der Waals surface area (Å²) >= 11 is 12.1. The molecule has 1 N–H and O–H groups in total. The fourth-order valence-electron chi connectivity index (χ4n) is 2.95. The van der Waals surface area contributed by atoms with Crippen LogP contribution in [0.2, 0.25) is 10.0 Å². The van der Waals surface area contributed by atoms with Crippen molar-refractivity contribution in [2.75, 3.05) is 4.72 Å². The van der Waals surface area contributed by atoms with Crippen molar-refractivity contribution in [2.45, 2.75) is 11.4 Å². The third-order valence-corrected chi connectivity index (χ3v) is 6.57. The molecule has 0 aliphatic rings. The first-order valence-corrected chi connectivity index (χ1v) is 10.7. The molecule has 1 heterocycles. The molecule has 0 fully saturated rings. The Labute approximate surface area is 172 Å². The number of nitrogens with zero attached hydrogens (tertiary/aromatic N) is 2. The number of halogens is 2. The van der Waals surface area contributed by atoms with Gasteiger partial charge in [-0.3, -0.25) is 0 Å². The molecule has 0 spiro atoms. The van der Waals surface area contributed by atoms with Gasteiger partial charge in [-0.05, 0) is 29.8 Å². The van der Waals surface area contributed by atoms with E-state index in [1.807, 2.05) is 59.2 Å². The summed E-state index contributed by atoms with van der Waals surface area (Å²) in [5, 5.41) is 0.143. The number of hydrogen-bond donors (Lipinski definition) is 1. The van der Waals surface area contributed by atoms with Crippen LogP contribution >= 0.6 is 23.2 Å². The molecule has 0 saturated carbocycles. The zero-order valence-corrected chi connectivity index (χ0v) is 16.8. The fourth-order valence-corrected chi connectivity index (χ4v) is 4.72. The van der Waals surface area contributed by atoms with Crippen molar-refractivity contribution in [3.63, 3.8) is 0 Å². The second-order valence-electron chi connectivity index (χ2n) is 6.15. The third-order valence-electron chi connectivity index (χ3n) is 4.27. The van der Waals surface area contributed by atoms with Crippen molar-refractivity contribution in [2.24, 2.45) is 0 Å². The lowest BCUT2D eigenvalue weighted by Gasteiger charge is -2.12. The lowest BCUT2D eigenvalue weighted by Crippen LogP contribution is -2.17. The fraction of sp³-hybridized carbons (Fsp3) is 0.0500. The number of fused-ring (bicyclic) bond motifs is 1. The molecule has 0 aliphatic heterocycles. The summed E-state index contributed by atoms with van der Waals surface area (Å²) < 4.78 is 30.3. The van der Waals surface area contributed by atoms with Gasteiger partial charge in [0.1, 0.15) is 4.90 Å². The average molecular weight is 432 g/mol.